The van der Waals surface area contributed by atoms with Crippen LogP contribution in [-0.2, 0) is 14.8 Å². The molecule has 2 rings (SSSR count). The van der Waals surface area contributed by atoms with E-state index in [-0.39, 0.29) is 10.6 Å². The van der Waals surface area contributed by atoms with Gasteiger partial charge in [0.15, 0.2) is 0 Å². The molecular weight excluding hydrogens is 300 g/mol. The predicted octanol–water partition coefficient (Wildman–Crippen LogP) is 1.97. The third-order valence-corrected chi connectivity index (χ3v) is 5.63. The smallest absolute Gasteiger partial charge is 0.244 e. The van der Waals surface area contributed by atoms with Gasteiger partial charge in [-0.05, 0) is 37.0 Å². The van der Waals surface area contributed by atoms with Crippen LogP contribution in [0, 0.1) is 5.92 Å². The number of anilines is 1. The Kier molecular flexibility index (Phi) is 4.90. The minimum atomic E-state index is -3.61. The van der Waals surface area contributed by atoms with Crippen molar-refractivity contribution in [2.75, 3.05) is 32.5 Å². The summed E-state index contributed by atoms with van der Waals surface area (Å²) in [5.41, 5.74) is 5.98. The summed E-state index contributed by atoms with van der Waals surface area (Å²) in [5, 5.41) is 0.359. The number of benzene rings is 1. The molecule has 1 aromatic carbocycles. The van der Waals surface area contributed by atoms with Crippen molar-refractivity contribution in [3.63, 3.8) is 0 Å². The molecule has 0 amide bonds. The van der Waals surface area contributed by atoms with Gasteiger partial charge < -0.3 is 10.5 Å². The summed E-state index contributed by atoms with van der Waals surface area (Å²) in [6.45, 7) is 1.85. The highest BCUT2D eigenvalue weighted by atomic mass is 35.5. The monoisotopic (exact) mass is 318 g/mol. The second-order valence-corrected chi connectivity index (χ2v) is 7.47. The van der Waals surface area contributed by atoms with E-state index in [0.29, 0.717) is 30.7 Å². The van der Waals surface area contributed by atoms with Crippen LogP contribution in [-0.4, -0.2) is 39.5 Å². The maximum atomic E-state index is 12.5. The lowest BCUT2D eigenvalue weighted by molar-refractivity contribution is 0.0620. The molecule has 0 bridgehead atoms. The maximum absolute atomic E-state index is 12.5. The molecule has 0 saturated carbocycles. The summed E-state index contributed by atoms with van der Waals surface area (Å²) >= 11 is 5.86. The fourth-order valence-corrected chi connectivity index (χ4v) is 3.91. The second kappa shape index (κ2) is 6.30. The highest BCUT2D eigenvalue weighted by Crippen LogP contribution is 2.26. The molecule has 112 valence electrons. The zero-order chi connectivity index (χ0) is 14.8. The average Bonchev–Trinajstić information content (AvgIpc) is 2.42. The Labute approximate surface area is 124 Å². The third-order valence-electron chi connectivity index (χ3n) is 3.52. The van der Waals surface area contributed by atoms with Gasteiger partial charge in [-0.1, -0.05) is 11.6 Å². The number of hydrogen-bond donors (Lipinski definition) is 1. The molecule has 2 N–H and O–H groups in total. The Balaban J connectivity index is 2.18. The summed E-state index contributed by atoms with van der Waals surface area (Å²) in [4.78, 5) is 0.0690. The van der Waals surface area contributed by atoms with Gasteiger partial charge in [0, 0.05) is 31.8 Å². The highest BCUT2D eigenvalue weighted by Gasteiger charge is 2.26. The number of nitrogen functional groups attached to an aromatic ring is 1. The van der Waals surface area contributed by atoms with Gasteiger partial charge in [0.2, 0.25) is 10.0 Å². The number of nitrogens with two attached hydrogens (primary N) is 1. The normalized spacial score (nSPS) is 17.6. The van der Waals surface area contributed by atoms with Crippen molar-refractivity contribution in [3.8, 4) is 0 Å². The number of halogens is 1. The minimum Gasteiger partial charge on any atom is -0.398 e. The van der Waals surface area contributed by atoms with Gasteiger partial charge in [-0.2, -0.15) is 0 Å². The van der Waals surface area contributed by atoms with E-state index in [2.05, 4.69) is 0 Å². The van der Waals surface area contributed by atoms with Gasteiger partial charge in [-0.15, -0.1) is 0 Å². The standard InChI is InChI=1S/C13H19ClN2O3S/c1-16(9-10-4-6-19-7-5-10)20(17,18)13-8-11(14)2-3-12(13)15/h2-3,8,10H,4-7,9,15H2,1H3. The zero-order valence-electron chi connectivity index (χ0n) is 11.4. The van der Waals surface area contributed by atoms with Crippen LogP contribution in [0.3, 0.4) is 0 Å². The van der Waals surface area contributed by atoms with Gasteiger partial charge in [-0.25, -0.2) is 12.7 Å². The summed E-state index contributed by atoms with van der Waals surface area (Å²) in [6.07, 6.45) is 1.76. The molecule has 1 aromatic rings. The van der Waals surface area contributed by atoms with Crippen molar-refractivity contribution >= 4 is 27.3 Å². The first-order valence-electron chi connectivity index (χ1n) is 6.50. The molecule has 1 fully saturated rings. The van der Waals surface area contributed by atoms with Crippen LogP contribution in [0.2, 0.25) is 5.02 Å². The Hall–Kier alpha value is -0.820. The lowest BCUT2D eigenvalue weighted by Gasteiger charge is -2.27. The topological polar surface area (TPSA) is 72.6 Å². The van der Waals surface area contributed by atoms with Crippen LogP contribution in [0.1, 0.15) is 12.8 Å². The Morgan fingerprint density at radius 2 is 2.05 bits per heavy atom. The molecule has 1 heterocycles. The van der Waals surface area contributed by atoms with E-state index in [1.807, 2.05) is 0 Å². The fraction of sp³-hybridized carbons (Fsp3) is 0.538. The van der Waals surface area contributed by atoms with E-state index in [1.54, 1.807) is 13.1 Å². The molecule has 1 saturated heterocycles. The number of nitrogens with zero attached hydrogens (tertiary/aromatic N) is 1. The second-order valence-electron chi connectivity index (χ2n) is 5.02. The molecule has 5 nitrogen and oxygen atoms in total. The van der Waals surface area contributed by atoms with Crippen molar-refractivity contribution in [3.05, 3.63) is 23.2 Å². The van der Waals surface area contributed by atoms with Gasteiger partial charge in [-0.3, -0.25) is 0 Å². The first kappa shape index (κ1) is 15.6. The Bertz CT molecular complexity index is 571. The minimum absolute atomic E-state index is 0.0690. The van der Waals surface area contributed by atoms with Crippen molar-refractivity contribution in [1.29, 1.82) is 0 Å². The fourth-order valence-electron chi connectivity index (χ4n) is 2.29. The van der Waals surface area contributed by atoms with E-state index in [9.17, 15) is 8.42 Å². The first-order valence-corrected chi connectivity index (χ1v) is 8.32. The van der Waals surface area contributed by atoms with E-state index in [1.165, 1.54) is 16.4 Å². The van der Waals surface area contributed by atoms with Crippen LogP contribution >= 0.6 is 11.6 Å². The van der Waals surface area contributed by atoms with Gasteiger partial charge in [0.05, 0.1) is 5.69 Å². The maximum Gasteiger partial charge on any atom is 0.244 e. The van der Waals surface area contributed by atoms with Crippen molar-refractivity contribution in [1.82, 2.24) is 4.31 Å². The van der Waals surface area contributed by atoms with Crippen molar-refractivity contribution < 1.29 is 13.2 Å². The Morgan fingerprint density at radius 3 is 2.70 bits per heavy atom. The summed E-state index contributed by atoms with van der Waals surface area (Å²) < 4.78 is 31.7. The van der Waals surface area contributed by atoms with Gasteiger partial charge in [0.1, 0.15) is 4.90 Å². The Morgan fingerprint density at radius 1 is 1.40 bits per heavy atom. The lowest BCUT2D eigenvalue weighted by Crippen LogP contribution is -2.34. The number of hydrogen-bond acceptors (Lipinski definition) is 4. The van der Waals surface area contributed by atoms with Crippen LogP contribution in [0.15, 0.2) is 23.1 Å². The number of sulfonamides is 1. The third kappa shape index (κ3) is 3.44. The largest absolute Gasteiger partial charge is 0.398 e. The van der Waals surface area contributed by atoms with E-state index in [4.69, 9.17) is 22.1 Å². The molecule has 1 aliphatic heterocycles. The quantitative estimate of drug-likeness (QED) is 0.861. The van der Waals surface area contributed by atoms with Crippen molar-refractivity contribution in [2.45, 2.75) is 17.7 Å². The molecule has 0 aromatic heterocycles. The molecule has 0 unspecified atom stereocenters. The molecule has 20 heavy (non-hydrogen) atoms. The lowest BCUT2D eigenvalue weighted by atomic mass is 10.0. The van der Waals surface area contributed by atoms with E-state index >= 15 is 0 Å². The summed E-state index contributed by atoms with van der Waals surface area (Å²) in [6, 6.07) is 4.48. The predicted molar refractivity (Wildman–Crippen MR) is 79.2 cm³/mol. The van der Waals surface area contributed by atoms with Gasteiger partial charge >= 0.3 is 0 Å². The van der Waals surface area contributed by atoms with Crippen LogP contribution < -0.4 is 5.73 Å². The molecule has 0 atom stereocenters. The molecule has 7 heteroatoms. The molecular formula is C13H19ClN2O3S. The first-order chi connectivity index (χ1) is 9.41. The average molecular weight is 319 g/mol. The molecule has 1 aliphatic rings. The summed E-state index contributed by atoms with van der Waals surface area (Å²) in [5.74, 6) is 0.323. The highest BCUT2D eigenvalue weighted by molar-refractivity contribution is 7.89. The van der Waals surface area contributed by atoms with Crippen LogP contribution in [0.4, 0.5) is 5.69 Å². The number of rotatable bonds is 4. The SMILES string of the molecule is CN(CC1CCOCC1)S(=O)(=O)c1cc(Cl)ccc1N. The van der Waals surface area contributed by atoms with E-state index < -0.39 is 10.0 Å². The van der Waals surface area contributed by atoms with Crippen molar-refractivity contribution in [2.24, 2.45) is 5.92 Å². The molecule has 0 aliphatic carbocycles. The summed E-state index contributed by atoms with van der Waals surface area (Å²) in [7, 11) is -2.03. The zero-order valence-corrected chi connectivity index (χ0v) is 13.0. The van der Waals surface area contributed by atoms with Crippen LogP contribution in [0.25, 0.3) is 0 Å². The van der Waals surface area contributed by atoms with Crippen LogP contribution in [0.5, 0.6) is 0 Å². The van der Waals surface area contributed by atoms with E-state index in [0.717, 1.165) is 12.8 Å². The molecule has 0 spiro atoms. The van der Waals surface area contributed by atoms with Gasteiger partial charge in [0.25, 0.3) is 0 Å². The number of ether oxygens (including phenoxy) is 1. The molecule has 0 radical (unpaired) electrons.